The molecule has 2 aliphatic rings. The van der Waals surface area contributed by atoms with Crippen LogP contribution in [-0.2, 0) is 16.0 Å². The van der Waals surface area contributed by atoms with E-state index in [1.165, 1.54) is 6.42 Å². The second-order valence-electron chi connectivity index (χ2n) is 8.37. The number of carbonyl (C=O) groups excluding carboxylic acids is 2. The molecule has 1 aromatic rings. The zero-order chi connectivity index (χ0) is 19.4. The van der Waals surface area contributed by atoms with E-state index in [1.54, 1.807) is 6.92 Å². The van der Waals surface area contributed by atoms with Crippen molar-refractivity contribution in [2.45, 2.75) is 77.7 Å². The minimum absolute atomic E-state index is 0.0425. The van der Waals surface area contributed by atoms with Crippen LogP contribution in [0.3, 0.4) is 0 Å². The topological polar surface area (TPSA) is 79.5 Å². The van der Waals surface area contributed by atoms with Gasteiger partial charge in [-0.05, 0) is 31.6 Å². The van der Waals surface area contributed by atoms with Crippen LogP contribution in [0.25, 0.3) is 0 Å². The molecule has 150 valence electrons. The molecule has 0 radical (unpaired) electrons. The van der Waals surface area contributed by atoms with Crippen molar-refractivity contribution in [3.8, 4) is 0 Å². The maximum atomic E-state index is 12.4. The lowest BCUT2D eigenvalue weighted by Crippen LogP contribution is -2.51. The number of aromatic nitrogens is 2. The lowest BCUT2D eigenvalue weighted by Gasteiger charge is -2.39. The number of rotatable bonds is 7. The molecule has 1 saturated carbocycles. The summed E-state index contributed by atoms with van der Waals surface area (Å²) >= 11 is 0. The van der Waals surface area contributed by atoms with Crippen molar-refractivity contribution >= 4 is 11.8 Å². The van der Waals surface area contributed by atoms with Gasteiger partial charge in [0, 0.05) is 51.4 Å². The summed E-state index contributed by atoms with van der Waals surface area (Å²) < 4.78 is 5.37. The van der Waals surface area contributed by atoms with E-state index < -0.39 is 0 Å². The van der Waals surface area contributed by atoms with Gasteiger partial charge in [0.1, 0.15) is 0 Å². The van der Waals surface area contributed by atoms with Crippen LogP contribution < -0.4 is 0 Å². The van der Waals surface area contributed by atoms with Crippen molar-refractivity contribution < 1.29 is 14.1 Å². The molecule has 7 heteroatoms. The molecule has 2 fully saturated rings. The average Bonchev–Trinajstić information content (AvgIpc) is 3.01. The summed E-state index contributed by atoms with van der Waals surface area (Å²) in [5.74, 6) is 2.43. The van der Waals surface area contributed by atoms with Crippen LogP contribution in [0.5, 0.6) is 0 Å². The number of amides is 2. The first-order valence-corrected chi connectivity index (χ1v) is 10.3. The summed E-state index contributed by atoms with van der Waals surface area (Å²) in [4.78, 5) is 33.0. The number of hydrogen-bond donors (Lipinski definition) is 0. The molecule has 2 heterocycles. The monoisotopic (exact) mass is 376 g/mol. The van der Waals surface area contributed by atoms with E-state index in [2.05, 4.69) is 24.0 Å². The van der Waals surface area contributed by atoms with Gasteiger partial charge in [0.2, 0.25) is 17.7 Å². The summed E-state index contributed by atoms with van der Waals surface area (Å²) in [6.07, 6.45) is 6.52. The van der Waals surface area contributed by atoms with Crippen LogP contribution in [-0.4, -0.2) is 57.4 Å². The third-order valence-electron chi connectivity index (χ3n) is 5.69. The van der Waals surface area contributed by atoms with Gasteiger partial charge < -0.3 is 14.3 Å². The van der Waals surface area contributed by atoms with Crippen LogP contribution in [0.1, 0.15) is 76.9 Å². The van der Waals surface area contributed by atoms with Crippen molar-refractivity contribution in [1.29, 1.82) is 0 Å². The highest BCUT2D eigenvalue weighted by Gasteiger charge is 2.30. The van der Waals surface area contributed by atoms with Gasteiger partial charge in [-0.25, -0.2) is 0 Å². The minimum Gasteiger partial charge on any atom is -0.341 e. The molecule has 1 aromatic heterocycles. The van der Waals surface area contributed by atoms with Crippen molar-refractivity contribution in [2.24, 2.45) is 5.92 Å². The highest BCUT2D eigenvalue weighted by atomic mass is 16.5. The number of likely N-dealkylation sites (tertiary alicyclic amines) is 1. The molecular weight excluding hydrogens is 344 g/mol. The Hall–Kier alpha value is -1.92. The van der Waals surface area contributed by atoms with E-state index >= 15 is 0 Å². The Morgan fingerprint density at radius 3 is 2.67 bits per heavy atom. The molecule has 0 spiro atoms. The SMILES string of the molecule is CC(=O)N(CCc1noc(C2CCC2)n1)C1CCCN(C(=O)CC(C)C)C1. The summed E-state index contributed by atoms with van der Waals surface area (Å²) in [5.41, 5.74) is 0. The Labute approximate surface area is 161 Å². The van der Waals surface area contributed by atoms with Crippen LogP contribution >= 0.6 is 0 Å². The Kier molecular flexibility index (Phi) is 6.50. The first-order valence-electron chi connectivity index (χ1n) is 10.3. The van der Waals surface area contributed by atoms with Gasteiger partial charge in [0.15, 0.2) is 5.82 Å². The van der Waals surface area contributed by atoms with Crippen molar-refractivity contribution in [1.82, 2.24) is 19.9 Å². The lowest BCUT2D eigenvalue weighted by atomic mass is 9.85. The second kappa shape index (κ2) is 8.85. The van der Waals surface area contributed by atoms with E-state index in [9.17, 15) is 9.59 Å². The van der Waals surface area contributed by atoms with Gasteiger partial charge in [-0.1, -0.05) is 25.4 Å². The minimum atomic E-state index is 0.0425. The quantitative estimate of drug-likeness (QED) is 0.731. The molecule has 0 N–H and O–H groups in total. The maximum absolute atomic E-state index is 12.4. The predicted octanol–water partition coefficient (Wildman–Crippen LogP) is 2.77. The van der Waals surface area contributed by atoms with E-state index in [-0.39, 0.29) is 17.9 Å². The zero-order valence-electron chi connectivity index (χ0n) is 16.8. The maximum Gasteiger partial charge on any atom is 0.229 e. The van der Waals surface area contributed by atoms with Gasteiger partial charge >= 0.3 is 0 Å². The Bertz CT molecular complexity index is 653. The van der Waals surface area contributed by atoms with Crippen LogP contribution in [0.2, 0.25) is 0 Å². The third-order valence-corrected chi connectivity index (χ3v) is 5.69. The molecule has 7 nitrogen and oxygen atoms in total. The van der Waals surface area contributed by atoms with Crippen molar-refractivity contribution in [2.75, 3.05) is 19.6 Å². The average molecular weight is 377 g/mol. The fraction of sp³-hybridized carbons (Fsp3) is 0.800. The highest BCUT2D eigenvalue weighted by Crippen LogP contribution is 2.35. The second-order valence-corrected chi connectivity index (χ2v) is 8.37. The van der Waals surface area contributed by atoms with Crippen molar-refractivity contribution in [3.05, 3.63) is 11.7 Å². The lowest BCUT2D eigenvalue weighted by molar-refractivity contribution is -0.139. The molecular formula is C20H32N4O3. The summed E-state index contributed by atoms with van der Waals surface area (Å²) in [5, 5.41) is 4.08. The van der Waals surface area contributed by atoms with Gasteiger partial charge in [-0.15, -0.1) is 0 Å². The van der Waals surface area contributed by atoms with Gasteiger partial charge in [0.05, 0.1) is 0 Å². The van der Waals surface area contributed by atoms with Gasteiger partial charge in [0.25, 0.3) is 0 Å². The molecule has 3 rings (SSSR count). The van der Waals surface area contributed by atoms with Crippen molar-refractivity contribution in [3.63, 3.8) is 0 Å². The number of hydrogen-bond acceptors (Lipinski definition) is 5. The Morgan fingerprint density at radius 1 is 1.26 bits per heavy atom. The van der Waals surface area contributed by atoms with Gasteiger partial charge in [-0.2, -0.15) is 4.98 Å². The van der Waals surface area contributed by atoms with E-state index in [0.29, 0.717) is 43.6 Å². The van der Waals surface area contributed by atoms with E-state index in [1.807, 2.05) is 9.80 Å². The fourth-order valence-electron chi connectivity index (χ4n) is 3.92. The third kappa shape index (κ3) is 5.08. The van der Waals surface area contributed by atoms with Crippen LogP contribution in [0.15, 0.2) is 4.52 Å². The standard InChI is InChI=1S/C20H32N4O3/c1-14(2)12-19(26)23-10-5-8-17(13-23)24(15(3)25)11-9-18-21-20(27-22-18)16-6-4-7-16/h14,16-17H,4-13H2,1-3H3. The van der Waals surface area contributed by atoms with Gasteiger partial charge in [-0.3, -0.25) is 9.59 Å². The largest absolute Gasteiger partial charge is 0.341 e. The smallest absolute Gasteiger partial charge is 0.229 e. The summed E-state index contributed by atoms with van der Waals surface area (Å²) in [6.45, 7) is 7.71. The molecule has 1 saturated heterocycles. The molecule has 0 bridgehead atoms. The molecule has 1 aliphatic heterocycles. The first kappa shape index (κ1) is 19.8. The molecule has 1 aliphatic carbocycles. The summed E-state index contributed by atoms with van der Waals surface area (Å²) in [6, 6.07) is 0.0744. The molecule has 1 unspecified atom stereocenters. The molecule has 1 atom stereocenters. The Morgan fingerprint density at radius 2 is 2.04 bits per heavy atom. The first-order chi connectivity index (χ1) is 12.9. The molecule has 0 aromatic carbocycles. The zero-order valence-corrected chi connectivity index (χ0v) is 16.8. The normalized spacial score (nSPS) is 20.6. The fourth-order valence-corrected chi connectivity index (χ4v) is 3.92. The predicted molar refractivity (Wildman–Crippen MR) is 101 cm³/mol. The van der Waals surface area contributed by atoms with E-state index in [0.717, 1.165) is 38.1 Å². The summed E-state index contributed by atoms with van der Waals surface area (Å²) in [7, 11) is 0. The number of nitrogens with zero attached hydrogens (tertiary/aromatic N) is 4. The highest BCUT2D eigenvalue weighted by molar-refractivity contribution is 5.77. The number of piperidine rings is 1. The number of carbonyl (C=O) groups is 2. The Balaban J connectivity index is 1.56. The van der Waals surface area contributed by atoms with Crippen LogP contribution in [0.4, 0.5) is 0 Å². The van der Waals surface area contributed by atoms with E-state index in [4.69, 9.17) is 4.52 Å². The molecule has 2 amide bonds. The van der Waals surface area contributed by atoms with Crippen LogP contribution in [0, 0.1) is 5.92 Å². The molecule has 27 heavy (non-hydrogen) atoms.